The molecule has 0 aromatic rings. The molecule has 3 aliphatic heterocycles. The smallest absolute Gasteiger partial charge is 0.245 e. The second-order valence-electron chi connectivity index (χ2n) is 15.1. The van der Waals surface area contributed by atoms with Crippen molar-refractivity contribution >= 4 is 41.4 Å². The van der Waals surface area contributed by atoms with Crippen molar-refractivity contribution in [3.8, 4) is 0 Å². The standard InChI is InChI=1S/C35H59N9O7/c1-20(2)18-24-33(50)44-17-9-14-27(44)31(48)42-28(21(3)45)32(49)39-23(12-7-15-38-35(36)37)29(46)40-25(19-22-10-5-4-6-11-22)34(51)43-16-8-13-26(43)30(47)41-24/h20-28,45H,4-19H2,1-3H3,(H,39,49)(H,40,46)(H,41,47)(H,42,48)(H4,36,37,38)/t21-,23+,24-,25-,26+,27-,28+/m1/s1. The summed E-state index contributed by atoms with van der Waals surface area (Å²) in [7, 11) is 0. The summed E-state index contributed by atoms with van der Waals surface area (Å²) in [5, 5.41) is 21.8. The maximum Gasteiger partial charge on any atom is 0.245 e. The molecule has 0 aromatic carbocycles. The molecule has 0 bridgehead atoms. The van der Waals surface area contributed by atoms with Gasteiger partial charge in [0, 0.05) is 19.6 Å². The van der Waals surface area contributed by atoms with E-state index >= 15 is 0 Å². The first-order chi connectivity index (χ1) is 24.3. The monoisotopic (exact) mass is 717 g/mol. The van der Waals surface area contributed by atoms with Gasteiger partial charge in [0.15, 0.2) is 5.96 Å². The van der Waals surface area contributed by atoms with Gasteiger partial charge in [0.1, 0.15) is 36.3 Å². The number of aliphatic hydroxyl groups is 1. The third kappa shape index (κ3) is 10.8. The van der Waals surface area contributed by atoms with E-state index in [9.17, 15) is 33.9 Å². The molecule has 0 radical (unpaired) electrons. The van der Waals surface area contributed by atoms with Crippen LogP contribution in [-0.2, 0) is 28.8 Å². The van der Waals surface area contributed by atoms with Gasteiger partial charge < -0.3 is 47.6 Å². The quantitative estimate of drug-likeness (QED) is 0.0912. The van der Waals surface area contributed by atoms with E-state index in [-0.39, 0.29) is 43.2 Å². The number of aliphatic imine (C=N–C) groups is 1. The normalized spacial score (nSPS) is 29.7. The van der Waals surface area contributed by atoms with Gasteiger partial charge in [-0.25, -0.2) is 0 Å². The second-order valence-corrected chi connectivity index (χ2v) is 15.1. The lowest BCUT2D eigenvalue weighted by atomic mass is 9.84. The van der Waals surface area contributed by atoms with Gasteiger partial charge in [-0.15, -0.1) is 0 Å². The van der Waals surface area contributed by atoms with Crippen molar-refractivity contribution in [2.75, 3.05) is 19.6 Å². The Hall–Kier alpha value is -3.95. The first kappa shape index (κ1) is 39.8. The number of amides is 6. The lowest BCUT2D eigenvalue weighted by molar-refractivity contribution is -0.145. The van der Waals surface area contributed by atoms with Crippen LogP contribution in [-0.4, -0.2) is 118 Å². The molecule has 3 saturated heterocycles. The predicted molar refractivity (Wildman–Crippen MR) is 189 cm³/mol. The molecule has 4 rings (SSSR count). The average Bonchev–Trinajstić information content (AvgIpc) is 3.78. The Morgan fingerprint density at radius 2 is 1.27 bits per heavy atom. The highest BCUT2D eigenvalue weighted by Crippen LogP contribution is 2.29. The summed E-state index contributed by atoms with van der Waals surface area (Å²) in [6.07, 6.45) is 6.55. The van der Waals surface area contributed by atoms with Crippen LogP contribution in [0, 0.1) is 11.8 Å². The molecule has 9 N–H and O–H groups in total. The number of nitrogens with one attached hydrogen (secondary N) is 4. The molecule has 0 aromatic heterocycles. The van der Waals surface area contributed by atoms with E-state index in [0.717, 1.165) is 32.1 Å². The number of nitrogens with zero attached hydrogens (tertiary/aromatic N) is 3. The van der Waals surface area contributed by atoms with E-state index in [2.05, 4.69) is 26.3 Å². The molecule has 0 unspecified atom stereocenters. The van der Waals surface area contributed by atoms with Crippen LogP contribution in [0.2, 0.25) is 0 Å². The molecule has 286 valence electrons. The molecule has 3 heterocycles. The number of carbonyl (C=O) groups is 6. The average molecular weight is 718 g/mol. The topological polar surface area (TPSA) is 242 Å². The number of carbonyl (C=O) groups excluding carboxylic acids is 6. The van der Waals surface area contributed by atoms with Gasteiger partial charge in [0.2, 0.25) is 35.4 Å². The lowest BCUT2D eigenvalue weighted by Crippen LogP contribution is -2.62. The van der Waals surface area contributed by atoms with Crippen molar-refractivity contribution in [1.29, 1.82) is 0 Å². The minimum atomic E-state index is -1.45. The zero-order valence-electron chi connectivity index (χ0n) is 30.4. The molecule has 4 aliphatic rings. The molecule has 51 heavy (non-hydrogen) atoms. The Labute approximate surface area is 300 Å². The summed E-state index contributed by atoms with van der Waals surface area (Å²) in [5.74, 6) is -3.16. The Morgan fingerprint density at radius 3 is 1.84 bits per heavy atom. The third-order valence-electron chi connectivity index (χ3n) is 10.5. The minimum Gasteiger partial charge on any atom is -0.391 e. The number of rotatable bonds is 9. The number of aliphatic hydroxyl groups excluding tert-OH is 1. The highest BCUT2D eigenvalue weighted by atomic mass is 16.3. The van der Waals surface area contributed by atoms with Crippen LogP contribution in [0.1, 0.15) is 104 Å². The Kier molecular flexibility index (Phi) is 14.5. The molecular weight excluding hydrogens is 658 g/mol. The molecule has 1 aliphatic carbocycles. The molecular formula is C35H59N9O7. The van der Waals surface area contributed by atoms with Gasteiger partial charge in [-0.3, -0.25) is 33.8 Å². The fourth-order valence-corrected chi connectivity index (χ4v) is 7.91. The van der Waals surface area contributed by atoms with Crippen LogP contribution >= 0.6 is 0 Å². The van der Waals surface area contributed by atoms with Crippen LogP contribution in [0.3, 0.4) is 0 Å². The number of hydrogen-bond donors (Lipinski definition) is 7. The Morgan fingerprint density at radius 1 is 0.725 bits per heavy atom. The van der Waals surface area contributed by atoms with Crippen LogP contribution in [0.25, 0.3) is 0 Å². The van der Waals surface area contributed by atoms with Crippen molar-refractivity contribution in [3.05, 3.63) is 0 Å². The molecule has 16 nitrogen and oxygen atoms in total. The second kappa shape index (κ2) is 18.5. The van der Waals surface area contributed by atoms with Crippen LogP contribution in [0.4, 0.5) is 0 Å². The van der Waals surface area contributed by atoms with Crippen molar-refractivity contribution in [3.63, 3.8) is 0 Å². The molecule has 4 fully saturated rings. The van der Waals surface area contributed by atoms with E-state index < -0.39 is 71.9 Å². The molecule has 16 heteroatoms. The van der Waals surface area contributed by atoms with Crippen molar-refractivity contribution < 1.29 is 33.9 Å². The number of fused-ring (bicyclic) bond motifs is 2. The van der Waals surface area contributed by atoms with Gasteiger partial charge in [-0.2, -0.15) is 0 Å². The lowest BCUT2D eigenvalue weighted by Gasteiger charge is -2.34. The van der Waals surface area contributed by atoms with Crippen LogP contribution in [0.15, 0.2) is 4.99 Å². The van der Waals surface area contributed by atoms with Crippen molar-refractivity contribution in [1.82, 2.24) is 31.1 Å². The summed E-state index contributed by atoms with van der Waals surface area (Å²) >= 11 is 0. The van der Waals surface area contributed by atoms with Gasteiger partial charge in [0.05, 0.1) is 6.10 Å². The van der Waals surface area contributed by atoms with Gasteiger partial charge in [0.25, 0.3) is 0 Å². The molecule has 7 atom stereocenters. The van der Waals surface area contributed by atoms with Gasteiger partial charge in [-0.1, -0.05) is 46.0 Å². The number of guanidine groups is 1. The Balaban J connectivity index is 1.72. The highest BCUT2D eigenvalue weighted by Gasteiger charge is 2.43. The predicted octanol–water partition coefficient (Wildman–Crippen LogP) is -0.628. The summed E-state index contributed by atoms with van der Waals surface area (Å²) < 4.78 is 0. The maximum absolute atomic E-state index is 14.4. The fraction of sp³-hybridized carbons (Fsp3) is 0.800. The summed E-state index contributed by atoms with van der Waals surface area (Å²) in [6, 6.07) is -6.26. The summed E-state index contributed by atoms with van der Waals surface area (Å²) in [4.78, 5) is 90.8. The summed E-state index contributed by atoms with van der Waals surface area (Å²) in [5.41, 5.74) is 11.0. The van der Waals surface area contributed by atoms with Crippen LogP contribution < -0.4 is 32.7 Å². The fourth-order valence-electron chi connectivity index (χ4n) is 7.91. The largest absolute Gasteiger partial charge is 0.391 e. The van der Waals surface area contributed by atoms with E-state index in [1.807, 2.05) is 13.8 Å². The van der Waals surface area contributed by atoms with E-state index in [0.29, 0.717) is 51.5 Å². The first-order valence-corrected chi connectivity index (χ1v) is 18.8. The molecule has 6 amide bonds. The zero-order valence-corrected chi connectivity index (χ0v) is 30.4. The highest BCUT2D eigenvalue weighted by molar-refractivity contribution is 5.98. The van der Waals surface area contributed by atoms with Crippen molar-refractivity contribution in [2.45, 2.75) is 147 Å². The first-order valence-electron chi connectivity index (χ1n) is 18.8. The zero-order chi connectivity index (χ0) is 37.2. The van der Waals surface area contributed by atoms with Gasteiger partial charge in [-0.05, 0) is 70.1 Å². The third-order valence-corrected chi connectivity index (χ3v) is 10.5. The minimum absolute atomic E-state index is 0.0270. The summed E-state index contributed by atoms with van der Waals surface area (Å²) in [6.45, 7) is 5.99. The number of hydrogen-bond acceptors (Lipinski definition) is 8. The Bertz CT molecular complexity index is 1300. The molecule has 0 spiro atoms. The SMILES string of the molecule is CC(C)C[C@H]1NC(=O)[C@@H]2CCCN2C(=O)[C@@H](CC2CCCCC2)NC(=O)[C@H](CCCN=C(N)N)NC(=O)[C@H]([C@@H](C)O)NC(=O)[C@H]2CCCN2C1=O. The van der Waals surface area contributed by atoms with Crippen molar-refractivity contribution in [2.24, 2.45) is 28.3 Å². The van der Waals surface area contributed by atoms with E-state index in [1.54, 1.807) is 0 Å². The van der Waals surface area contributed by atoms with E-state index in [1.165, 1.54) is 16.7 Å². The maximum atomic E-state index is 14.4. The van der Waals surface area contributed by atoms with E-state index in [4.69, 9.17) is 11.5 Å². The molecule has 1 saturated carbocycles. The van der Waals surface area contributed by atoms with Gasteiger partial charge >= 0.3 is 0 Å². The number of nitrogens with two attached hydrogens (primary N) is 2. The van der Waals surface area contributed by atoms with Crippen LogP contribution in [0.5, 0.6) is 0 Å².